The minimum Gasteiger partial charge on any atom is -0.454 e. The van der Waals surface area contributed by atoms with Crippen LogP contribution in [0.1, 0.15) is 37.7 Å². The Morgan fingerprint density at radius 2 is 1.71 bits per heavy atom. The van der Waals surface area contributed by atoms with E-state index in [1.807, 2.05) is 18.5 Å². The van der Waals surface area contributed by atoms with Gasteiger partial charge in [0, 0.05) is 29.7 Å². The molecule has 0 unspecified atom stereocenters. The van der Waals surface area contributed by atoms with E-state index in [9.17, 15) is 22.8 Å². The van der Waals surface area contributed by atoms with Gasteiger partial charge in [-0.25, -0.2) is 4.79 Å². The summed E-state index contributed by atoms with van der Waals surface area (Å²) in [6, 6.07) is 12.6. The van der Waals surface area contributed by atoms with Crippen LogP contribution in [0.3, 0.4) is 0 Å². The number of carbonyl (C=O) groups excluding carboxylic acids is 2. The van der Waals surface area contributed by atoms with Crippen molar-refractivity contribution in [3.8, 4) is 0 Å². The van der Waals surface area contributed by atoms with Crippen LogP contribution in [-0.2, 0) is 18.0 Å². The number of Topliss-reactive ketones (excluding diaryl/α,β-unsaturated/α-hetero) is 1. The number of aromatic nitrogens is 1. The standard InChI is InChI=1S/C23H21F3N2O3/c1-14-11-19(15(2)28(14)3)21(29)13-31-22(30)18-9-4-5-10-20(18)27-17-8-6-7-16(12-17)23(24,25)26/h4-12,27H,13H2,1-3H3. The number of ketones is 1. The quantitative estimate of drug-likeness (QED) is 0.418. The molecule has 0 saturated heterocycles. The average molecular weight is 430 g/mol. The number of anilines is 2. The van der Waals surface area contributed by atoms with Gasteiger partial charge in [0.1, 0.15) is 0 Å². The molecule has 0 aliphatic rings. The van der Waals surface area contributed by atoms with Gasteiger partial charge >= 0.3 is 12.1 Å². The van der Waals surface area contributed by atoms with Gasteiger partial charge in [0.05, 0.1) is 16.8 Å². The predicted molar refractivity (Wildman–Crippen MR) is 111 cm³/mol. The number of hydrogen-bond donors (Lipinski definition) is 1. The Bertz CT molecular complexity index is 1130. The molecule has 1 heterocycles. The first kappa shape index (κ1) is 22.1. The molecule has 0 amide bonds. The van der Waals surface area contributed by atoms with E-state index in [1.165, 1.54) is 18.2 Å². The number of para-hydroxylation sites is 1. The third kappa shape index (κ3) is 4.96. The lowest BCUT2D eigenvalue weighted by Gasteiger charge is -2.13. The number of hydrogen-bond acceptors (Lipinski definition) is 4. The highest BCUT2D eigenvalue weighted by Crippen LogP contribution is 2.32. The first-order valence-electron chi connectivity index (χ1n) is 9.44. The monoisotopic (exact) mass is 430 g/mol. The van der Waals surface area contributed by atoms with E-state index in [2.05, 4.69) is 5.32 Å². The van der Waals surface area contributed by atoms with Gasteiger partial charge < -0.3 is 14.6 Å². The Kier molecular flexibility index (Phi) is 6.19. The smallest absolute Gasteiger partial charge is 0.416 e. The zero-order valence-corrected chi connectivity index (χ0v) is 17.2. The minimum absolute atomic E-state index is 0.105. The van der Waals surface area contributed by atoms with Crippen LogP contribution in [0.5, 0.6) is 0 Å². The van der Waals surface area contributed by atoms with E-state index in [4.69, 9.17) is 4.74 Å². The molecular weight excluding hydrogens is 409 g/mol. The SMILES string of the molecule is Cc1cc(C(=O)COC(=O)c2ccccc2Nc2cccc(C(F)(F)F)c2)c(C)n1C. The molecule has 31 heavy (non-hydrogen) atoms. The number of nitrogens with one attached hydrogen (secondary N) is 1. The molecule has 0 aliphatic carbocycles. The van der Waals surface area contributed by atoms with Gasteiger partial charge in [-0.2, -0.15) is 13.2 Å². The molecule has 1 aromatic heterocycles. The summed E-state index contributed by atoms with van der Waals surface area (Å²) in [5, 5.41) is 2.82. The molecule has 0 atom stereocenters. The maximum Gasteiger partial charge on any atom is 0.416 e. The van der Waals surface area contributed by atoms with Crippen molar-refractivity contribution in [2.45, 2.75) is 20.0 Å². The largest absolute Gasteiger partial charge is 0.454 e. The predicted octanol–water partition coefficient (Wildman–Crippen LogP) is 5.44. The summed E-state index contributed by atoms with van der Waals surface area (Å²) in [6.07, 6.45) is -4.48. The number of alkyl halides is 3. The van der Waals surface area contributed by atoms with Gasteiger partial charge in [0.25, 0.3) is 0 Å². The van der Waals surface area contributed by atoms with E-state index in [-0.39, 0.29) is 22.7 Å². The van der Waals surface area contributed by atoms with Gasteiger partial charge in [0.15, 0.2) is 6.61 Å². The number of ether oxygens (including phenoxy) is 1. The molecule has 0 spiro atoms. The second-order valence-electron chi connectivity index (χ2n) is 7.09. The topological polar surface area (TPSA) is 60.3 Å². The van der Waals surface area contributed by atoms with Crippen LogP contribution in [-0.4, -0.2) is 22.9 Å². The molecule has 162 valence electrons. The molecule has 0 radical (unpaired) electrons. The fourth-order valence-electron chi connectivity index (χ4n) is 3.12. The van der Waals surface area contributed by atoms with Crippen molar-refractivity contribution in [1.82, 2.24) is 4.57 Å². The number of esters is 1. The molecule has 3 aromatic rings. The van der Waals surface area contributed by atoms with Crippen molar-refractivity contribution in [2.75, 3.05) is 11.9 Å². The van der Waals surface area contributed by atoms with Gasteiger partial charge in [-0.3, -0.25) is 4.79 Å². The Morgan fingerprint density at radius 3 is 2.35 bits per heavy atom. The molecule has 2 aromatic carbocycles. The molecule has 0 bridgehead atoms. The lowest BCUT2D eigenvalue weighted by Crippen LogP contribution is -2.16. The third-order valence-electron chi connectivity index (χ3n) is 5.03. The van der Waals surface area contributed by atoms with E-state index < -0.39 is 24.3 Å². The molecule has 8 heteroatoms. The Morgan fingerprint density at radius 1 is 1.00 bits per heavy atom. The zero-order chi connectivity index (χ0) is 22.8. The summed E-state index contributed by atoms with van der Waals surface area (Å²) in [7, 11) is 1.84. The fourth-order valence-corrected chi connectivity index (χ4v) is 3.12. The van der Waals surface area contributed by atoms with E-state index in [0.717, 1.165) is 23.5 Å². The number of carbonyl (C=O) groups is 2. The Labute approximate surface area is 177 Å². The van der Waals surface area contributed by atoms with Crippen LogP contribution in [0.4, 0.5) is 24.5 Å². The molecule has 1 N–H and O–H groups in total. The van der Waals surface area contributed by atoms with Gasteiger partial charge in [0.2, 0.25) is 5.78 Å². The van der Waals surface area contributed by atoms with E-state index >= 15 is 0 Å². The Hall–Kier alpha value is -3.55. The summed E-state index contributed by atoms with van der Waals surface area (Å²) in [5.41, 5.74) is 1.88. The third-order valence-corrected chi connectivity index (χ3v) is 5.03. The highest BCUT2D eigenvalue weighted by Gasteiger charge is 2.30. The van der Waals surface area contributed by atoms with Crippen LogP contribution in [0.25, 0.3) is 0 Å². The van der Waals surface area contributed by atoms with Gasteiger partial charge in [-0.15, -0.1) is 0 Å². The lowest BCUT2D eigenvalue weighted by atomic mass is 10.1. The summed E-state index contributed by atoms with van der Waals surface area (Å²) >= 11 is 0. The number of halogens is 3. The van der Waals surface area contributed by atoms with Crippen molar-refractivity contribution in [3.63, 3.8) is 0 Å². The molecule has 3 rings (SSSR count). The van der Waals surface area contributed by atoms with Crippen LogP contribution >= 0.6 is 0 Å². The molecule has 0 saturated carbocycles. The summed E-state index contributed by atoms with van der Waals surface area (Å²) < 4.78 is 45.9. The maximum atomic E-state index is 12.9. The highest BCUT2D eigenvalue weighted by molar-refractivity contribution is 6.02. The summed E-state index contributed by atoms with van der Waals surface area (Å²) in [6.45, 7) is 3.23. The summed E-state index contributed by atoms with van der Waals surface area (Å²) in [5.74, 6) is -1.09. The first-order valence-corrected chi connectivity index (χ1v) is 9.44. The number of aryl methyl sites for hydroxylation is 1. The van der Waals surface area contributed by atoms with Crippen LogP contribution in [0.2, 0.25) is 0 Å². The summed E-state index contributed by atoms with van der Waals surface area (Å²) in [4.78, 5) is 25.0. The van der Waals surface area contributed by atoms with Crippen molar-refractivity contribution in [2.24, 2.45) is 7.05 Å². The zero-order valence-electron chi connectivity index (χ0n) is 17.2. The highest BCUT2D eigenvalue weighted by atomic mass is 19.4. The number of nitrogens with zero attached hydrogens (tertiary/aromatic N) is 1. The van der Waals surface area contributed by atoms with Gasteiger partial charge in [-0.1, -0.05) is 18.2 Å². The van der Waals surface area contributed by atoms with E-state index in [0.29, 0.717) is 5.56 Å². The van der Waals surface area contributed by atoms with Crippen molar-refractivity contribution in [3.05, 3.63) is 82.7 Å². The Balaban J connectivity index is 1.75. The molecular formula is C23H21F3N2O3. The lowest BCUT2D eigenvalue weighted by molar-refractivity contribution is -0.137. The molecule has 5 nitrogen and oxygen atoms in total. The van der Waals surface area contributed by atoms with Crippen molar-refractivity contribution < 1.29 is 27.5 Å². The van der Waals surface area contributed by atoms with Crippen molar-refractivity contribution >= 4 is 23.1 Å². The normalized spacial score (nSPS) is 11.3. The minimum atomic E-state index is -4.48. The second kappa shape index (κ2) is 8.67. The number of rotatable bonds is 6. The van der Waals surface area contributed by atoms with Crippen molar-refractivity contribution in [1.29, 1.82) is 0 Å². The molecule has 0 aliphatic heterocycles. The maximum absolute atomic E-state index is 12.9. The molecule has 0 fully saturated rings. The first-order chi connectivity index (χ1) is 14.6. The van der Waals surface area contributed by atoms with Crippen LogP contribution in [0.15, 0.2) is 54.6 Å². The fraction of sp³-hybridized carbons (Fsp3) is 0.217. The van der Waals surface area contributed by atoms with Crippen LogP contribution < -0.4 is 5.32 Å². The van der Waals surface area contributed by atoms with Gasteiger partial charge in [-0.05, 0) is 50.2 Å². The second-order valence-corrected chi connectivity index (χ2v) is 7.09. The number of benzene rings is 2. The average Bonchev–Trinajstić information content (AvgIpc) is 2.99. The van der Waals surface area contributed by atoms with Crippen LogP contribution in [0, 0.1) is 13.8 Å². The van der Waals surface area contributed by atoms with E-state index in [1.54, 1.807) is 31.2 Å².